The van der Waals surface area contributed by atoms with Gasteiger partial charge in [-0.05, 0) is 42.5 Å². The highest BCUT2D eigenvalue weighted by Crippen LogP contribution is 2.39. The summed E-state index contributed by atoms with van der Waals surface area (Å²) < 4.78 is 0. The van der Waals surface area contributed by atoms with Crippen molar-refractivity contribution in [2.75, 3.05) is 13.1 Å². The van der Waals surface area contributed by atoms with Gasteiger partial charge in [0.1, 0.15) is 0 Å². The molecule has 2 aromatic rings. The third-order valence-electron chi connectivity index (χ3n) is 4.89. The molecular weight excluding hydrogens is 290 g/mol. The van der Waals surface area contributed by atoms with Gasteiger partial charge in [0, 0.05) is 24.0 Å². The zero-order chi connectivity index (χ0) is 16.0. The van der Waals surface area contributed by atoms with Crippen molar-refractivity contribution in [2.45, 2.75) is 32.6 Å². The average molecular weight is 311 g/mol. The molecule has 0 radical (unpaired) electrons. The number of hydrogen-bond donors (Lipinski definition) is 3. The molecule has 1 aliphatic carbocycles. The summed E-state index contributed by atoms with van der Waals surface area (Å²) in [5.74, 6) is -0.883. The lowest BCUT2D eigenvalue weighted by Gasteiger charge is -2.24. The number of nitrogens with one attached hydrogen (secondary N) is 2. The number of carbonyl (C=O) groups is 1. The molecule has 2 heterocycles. The van der Waals surface area contributed by atoms with Crippen molar-refractivity contribution in [3.05, 3.63) is 40.6 Å². The van der Waals surface area contributed by atoms with Gasteiger partial charge in [0.25, 0.3) is 0 Å². The van der Waals surface area contributed by atoms with Crippen LogP contribution in [0.4, 0.5) is 0 Å². The van der Waals surface area contributed by atoms with E-state index in [4.69, 9.17) is 0 Å². The third kappa shape index (κ3) is 2.23. The maximum absolute atomic E-state index is 11.2. The van der Waals surface area contributed by atoms with Gasteiger partial charge in [-0.2, -0.15) is 0 Å². The fraction of sp³-hybridized carbons (Fsp3) is 0.389. The van der Waals surface area contributed by atoms with Crippen molar-refractivity contribution >= 4 is 22.6 Å². The molecular formula is C18H21N3O2. The van der Waals surface area contributed by atoms with E-state index in [2.05, 4.69) is 22.3 Å². The predicted octanol–water partition coefficient (Wildman–Crippen LogP) is 3.14. The number of nitrogens with zero attached hydrogens (tertiary/aromatic N) is 1. The maximum Gasteiger partial charge on any atom is 0.335 e. The lowest BCUT2D eigenvalue weighted by Crippen LogP contribution is -2.32. The van der Waals surface area contributed by atoms with Crippen molar-refractivity contribution in [1.29, 1.82) is 0 Å². The molecule has 0 atom stereocenters. The lowest BCUT2D eigenvalue weighted by molar-refractivity contribution is 0.0697. The fourth-order valence-corrected chi connectivity index (χ4v) is 3.70. The molecule has 0 amide bonds. The Morgan fingerprint density at radius 1 is 1.35 bits per heavy atom. The molecule has 0 spiro atoms. The Morgan fingerprint density at radius 2 is 2.22 bits per heavy atom. The van der Waals surface area contributed by atoms with E-state index in [1.54, 1.807) is 12.1 Å². The summed E-state index contributed by atoms with van der Waals surface area (Å²) in [4.78, 5) is 14.7. The number of carboxylic acids is 1. The molecule has 1 aromatic carbocycles. The number of aryl methyl sites for hydroxylation is 1. The van der Waals surface area contributed by atoms with E-state index in [-0.39, 0.29) is 0 Å². The smallest absolute Gasteiger partial charge is 0.335 e. The summed E-state index contributed by atoms with van der Waals surface area (Å²) >= 11 is 0. The Morgan fingerprint density at radius 3 is 3.00 bits per heavy atom. The van der Waals surface area contributed by atoms with E-state index in [1.807, 2.05) is 6.07 Å². The number of H-pyrrole nitrogens is 1. The van der Waals surface area contributed by atoms with Crippen LogP contribution >= 0.6 is 0 Å². The summed E-state index contributed by atoms with van der Waals surface area (Å²) in [7, 11) is 0. The van der Waals surface area contributed by atoms with Crippen molar-refractivity contribution in [3.63, 3.8) is 0 Å². The number of benzene rings is 1. The van der Waals surface area contributed by atoms with Gasteiger partial charge in [-0.3, -0.25) is 0 Å². The van der Waals surface area contributed by atoms with Gasteiger partial charge < -0.3 is 15.1 Å². The van der Waals surface area contributed by atoms with E-state index < -0.39 is 5.97 Å². The zero-order valence-electron chi connectivity index (χ0n) is 13.3. The molecule has 0 bridgehead atoms. The van der Waals surface area contributed by atoms with Crippen LogP contribution in [0.25, 0.3) is 16.6 Å². The van der Waals surface area contributed by atoms with Gasteiger partial charge in [-0.15, -0.1) is 0 Å². The molecule has 3 N–H and O–H groups in total. The lowest BCUT2D eigenvalue weighted by atomic mass is 9.93. The highest BCUT2D eigenvalue weighted by Gasteiger charge is 2.30. The van der Waals surface area contributed by atoms with Gasteiger partial charge in [0.05, 0.1) is 17.0 Å². The second-order valence-electron chi connectivity index (χ2n) is 6.34. The second kappa shape index (κ2) is 5.42. The summed E-state index contributed by atoms with van der Waals surface area (Å²) in [5, 5.41) is 12.6. The van der Waals surface area contributed by atoms with Crippen LogP contribution in [0.5, 0.6) is 0 Å². The largest absolute Gasteiger partial charge is 0.478 e. The molecule has 0 saturated heterocycles. The minimum absolute atomic E-state index is 0.331. The quantitative estimate of drug-likeness (QED) is 0.811. The van der Waals surface area contributed by atoms with Crippen LogP contribution in [-0.2, 0) is 6.42 Å². The van der Waals surface area contributed by atoms with Crippen LogP contribution in [-0.4, -0.2) is 34.2 Å². The van der Waals surface area contributed by atoms with E-state index in [0.717, 1.165) is 43.3 Å². The van der Waals surface area contributed by atoms with Crippen molar-refractivity contribution in [3.8, 4) is 0 Å². The first-order valence-electron chi connectivity index (χ1n) is 8.30. The summed E-state index contributed by atoms with van der Waals surface area (Å²) in [6.45, 7) is 4.13. The molecule has 23 heavy (non-hydrogen) atoms. The van der Waals surface area contributed by atoms with Gasteiger partial charge in [-0.1, -0.05) is 19.4 Å². The number of fused-ring (bicyclic) bond motifs is 4. The van der Waals surface area contributed by atoms with E-state index in [9.17, 15) is 9.90 Å². The summed E-state index contributed by atoms with van der Waals surface area (Å²) in [6, 6.07) is 5.39. The molecule has 1 aromatic heterocycles. The molecule has 120 valence electrons. The molecule has 5 heteroatoms. The van der Waals surface area contributed by atoms with Gasteiger partial charge in [-0.25, -0.2) is 10.2 Å². The Bertz CT molecular complexity index is 819. The standard InChI is InChI=1S/C18H21N3O2/c1-2-3-8-21-17-12(10-19-21)5-7-14-13-6-4-11(18(22)23)9-15(13)20-16(14)17/h4,6,9,19-20H,2-3,5,7-8,10H2,1H3,(H,22,23). The number of aromatic amines is 1. The van der Waals surface area contributed by atoms with Crippen LogP contribution in [0.1, 0.15) is 47.8 Å². The van der Waals surface area contributed by atoms with Crippen molar-refractivity contribution < 1.29 is 9.90 Å². The van der Waals surface area contributed by atoms with Gasteiger partial charge in [0.2, 0.25) is 0 Å². The van der Waals surface area contributed by atoms with Crippen LogP contribution < -0.4 is 5.43 Å². The third-order valence-corrected chi connectivity index (χ3v) is 4.89. The van der Waals surface area contributed by atoms with Crippen molar-refractivity contribution in [1.82, 2.24) is 15.4 Å². The van der Waals surface area contributed by atoms with E-state index in [1.165, 1.54) is 28.9 Å². The van der Waals surface area contributed by atoms with Gasteiger partial charge >= 0.3 is 5.97 Å². The Balaban J connectivity index is 1.80. The topological polar surface area (TPSA) is 68.4 Å². The van der Waals surface area contributed by atoms with Crippen LogP contribution in [0.3, 0.4) is 0 Å². The molecule has 5 nitrogen and oxygen atoms in total. The number of unbranched alkanes of at least 4 members (excludes halogenated alkanes) is 1. The number of aromatic carboxylic acids is 1. The average Bonchev–Trinajstić information content (AvgIpc) is 3.12. The Hall–Kier alpha value is -2.27. The van der Waals surface area contributed by atoms with Crippen molar-refractivity contribution in [2.24, 2.45) is 0 Å². The first-order valence-corrected chi connectivity index (χ1v) is 8.30. The number of rotatable bonds is 4. The number of aromatic nitrogens is 1. The van der Waals surface area contributed by atoms with Crippen LogP contribution in [0.15, 0.2) is 23.8 Å². The molecule has 1 aliphatic heterocycles. The van der Waals surface area contributed by atoms with Crippen LogP contribution in [0, 0.1) is 0 Å². The fourth-order valence-electron chi connectivity index (χ4n) is 3.70. The SMILES string of the molecule is CCCCN1NCC2=C1c1[nH]c3cc(C(=O)O)ccc3c1CC2. The molecule has 0 unspecified atom stereocenters. The minimum atomic E-state index is -0.883. The molecule has 4 rings (SSSR count). The van der Waals surface area contributed by atoms with Crippen LogP contribution in [0.2, 0.25) is 0 Å². The Kier molecular flexibility index (Phi) is 3.38. The first-order chi connectivity index (χ1) is 11.2. The number of carboxylic acid groups (broad SMARTS) is 1. The van der Waals surface area contributed by atoms with E-state index in [0.29, 0.717) is 5.56 Å². The molecule has 0 fully saturated rings. The number of hydrazine groups is 1. The summed E-state index contributed by atoms with van der Waals surface area (Å²) in [5.41, 5.74) is 9.98. The van der Waals surface area contributed by atoms with E-state index >= 15 is 0 Å². The first kappa shape index (κ1) is 14.3. The zero-order valence-corrected chi connectivity index (χ0v) is 13.3. The molecule has 2 aliphatic rings. The highest BCUT2D eigenvalue weighted by molar-refractivity contribution is 5.96. The van der Waals surface area contributed by atoms with Gasteiger partial charge in [0.15, 0.2) is 0 Å². The maximum atomic E-state index is 11.2. The predicted molar refractivity (Wildman–Crippen MR) is 90.1 cm³/mol. The normalized spacial score (nSPS) is 16.8. The summed E-state index contributed by atoms with van der Waals surface area (Å²) in [6.07, 6.45) is 4.42. The highest BCUT2D eigenvalue weighted by atomic mass is 16.4. The number of hydrogen-bond acceptors (Lipinski definition) is 3. The molecule has 0 saturated carbocycles. The Labute approximate surface area is 135 Å². The minimum Gasteiger partial charge on any atom is -0.478 e. The second-order valence-corrected chi connectivity index (χ2v) is 6.34. The monoisotopic (exact) mass is 311 g/mol.